The highest BCUT2D eigenvalue weighted by Gasteiger charge is 2.37. The molecule has 2 fully saturated rings. The zero-order chi connectivity index (χ0) is 33.1. The Kier molecular flexibility index (Phi) is 21.6. The molecule has 0 bridgehead atoms. The molecular formula is C39H52O7. The molecular weight excluding hydrogens is 580 g/mol. The fourth-order valence-electron chi connectivity index (χ4n) is 4.69. The van der Waals surface area contributed by atoms with Gasteiger partial charge in [-0.15, -0.1) is 13.2 Å². The molecule has 0 aromatic rings. The van der Waals surface area contributed by atoms with E-state index in [1.54, 1.807) is 0 Å². The summed E-state index contributed by atoms with van der Waals surface area (Å²) < 4.78 is 21.4. The lowest BCUT2D eigenvalue weighted by Gasteiger charge is -2.15. The highest BCUT2D eigenvalue weighted by Crippen LogP contribution is 2.27. The molecule has 1 unspecified atom stereocenters. The van der Waals surface area contributed by atoms with Crippen LogP contribution in [0.5, 0.6) is 0 Å². The van der Waals surface area contributed by atoms with E-state index in [2.05, 4.69) is 60.5 Å². The summed E-state index contributed by atoms with van der Waals surface area (Å²) in [7, 11) is 0. The number of aliphatic hydroxyl groups is 1. The molecule has 2 heterocycles. The summed E-state index contributed by atoms with van der Waals surface area (Å²) in [6, 6.07) is 0. The van der Waals surface area contributed by atoms with Crippen molar-refractivity contribution in [2.45, 2.75) is 146 Å². The van der Waals surface area contributed by atoms with Gasteiger partial charge in [-0.3, -0.25) is 9.59 Å². The van der Waals surface area contributed by atoms with Crippen molar-refractivity contribution in [3.8, 4) is 47.4 Å². The van der Waals surface area contributed by atoms with E-state index in [1.165, 1.54) is 51.4 Å². The van der Waals surface area contributed by atoms with E-state index in [0.29, 0.717) is 6.42 Å². The van der Waals surface area contributed by atoms with Crippen molar-refractivity contribution in [2.75, 3.05) is 13.2 Å². The predicted octanol–water partition coefficient (Wildman–Crippen LogP) is 6.38. The molecule has 0 aliphatic carbocycles. The maximum absolute atomic E-state index is 12.1. The Morgan fingerprint density at radius 3 is 1.67 bits per heavy atom. The molecule has 1 N–H and O–H groups in total. The Bertz CT molecular complexity index is 1180. The summed E-state index contributed by atoms with van der Waals surface area (Å²) in [6.07, 6.45) is 20.5. The largest absolute Gasteiger partial charge is 0.462 e. The highest BCUT2D eigenvalue weighted by molar-refractivity contribution is 5.70. The monoisotopic (exact) mass is 632 g/mol. The fraction of sp³-hybridized carbons (Fsp3) is 0.641. The summed E-state index contributed by atoms with van der Waals surface area (Å²) in [5, 5.41) is 9.48. The molecule has 0 saturated carbocycles. The van der Waals surface area contributed by atoms with Gasteiger partial charge in [0, 0.05) is 12.8 Å². The molecule has 2 rings (SSSR count). The van der Waals surface area contributed by atoms with Gasteiger partial charge in [0.1, 0.15) is 18.8 Å². The van der Waals surface area contributed by atoms with Crippen LogP contribution < -0.4 is 0 Å². The van der Waals surface area contributed by atoms with Gasteiger partial charge in [0.2, 0.25) is 0 Å². The summed E-state index contributed by atoms with van der Waals surface area (Å²) in [4.78, 5) is 24.0. The van der Waals surface area contributed by atoms with E-state index in [0.717, 1.165) is 38.5 Å². The number of aliphatic hydroxyl groups excluding tert-OH is 1. The van der Waals surface area contributed by atoms with Crippen LogP contribution >= 0.6 is 0 Å². The van der Waals surface area contributed by atoms with Crippen LogP contribution in [0, 0.1) is 47.4 Å². The van der Waals surface area contributed by atoms with Gasteiger partial charge in [0.05, 0.1) is 31.7 Å². The molecule has 2 saturated heterocycles. The molecule has 0 aromatic carbocycles. The van der Waals surface area contributed by atoms with E-state index in [-0.39, 0.29) is 50.3 Å². The van der Waals surface area contributed by atoms with Crippen LogP contribution in [0.4, 0.5) is 0 Å². The summed E-state index contributed by atoms with van der Waals surface area (Å²) in [5.41, 5.74) is 0. The number of hydrogen-bond acceptors (Lipinski definition) is 7. The van der Waals surface area contributed by atoms with E-state index in [9.17, 15) is 14.7 Å². The number of carbonyl (C=O) groups is 2. The Morgan fingerprint density at radius 1 is 0.696 bits per heavy atom. The zero-order valence-electron chi connectivity index (χ0n) is 27.5. The van der Waals surface area contributed by atoms with Crippen LogP contribution in [0.3, 0.4) is 0 Å². The lowest BCUT2D eigenvalue weighted by molar-refractivity contribution is -0.161. The third kappa shape index (κ3) is 20.5. The first kappa shape index (κ1) is 38.7. The van der Waals surface area contributed by atoms with Crippen molar-refractivity contribution in [1.82, 2.24) is 0 Å². The summed E-state index contributed by atoms with van der Waals surface area (Å²) in [5.74, 6) is 21.7. The van der Waals surface area contributed by atoms with Gasteiger partial charge in [-0.2, -0.15) is 0 Å². The number of carbonyl (C=O) groups excluding carboxylic acids is 2. The standard InChI is InChI=1S/C39H52O7/c1-3-5-7-9-11-13-19-25-34-36(45-34)27-21-15-17-23-29-38(41)43-32-33(31-40)44-39(42)30-24-18-16-22-28-37-35(46-37)26-20-14-12-10-8-6-4-2/h3-4,33-37,40H,1-2,5-14,19-20,23-26,29-32H2/t33?,34-,35-,36-,37-/m0/s1. The first-order chi connectivity index (χ1) is 22.6. The molecule has 5 atom stereocenters. The number of esters is 2. The van der Waals surface area contributed by atoms with E-state index in [1.807, 2.05) is 12.2 Å². The Hall–Kier alpha value is -3.46. The Balaban J connectivity index is 1.46. The van der Waals surface area contributed by atoms with Gasteiger partial charge in [-0.1, -0.05) is 87.2 Å². The van der Waals surface area contributed by atoms with Gasteiger partial charge in [0.25, 0.3) is 0 Å². The minimum Gasteiger partial charge on any atom is -0.462 e. The summed E-state index contributed by atoms with van der Waals surface area (Å²) >= 11 is 0. The van der Waals surface area contributed by atoms with Gasteiger partial charge < -0.3 is 24.1 Å². The first-order valence-electron chi connectivity index (χ1n) is 17.0. The van der Waals surface area contributed by atoms with Crippen molar-refractivity contribution in [2.24, 2.45) is 0 Å². The summed E-state index contributed by atoms with van der Waals surface area (Å²) in [6.45, 7) is 6.81. The Labute approximate surface area is 277 Å². The number of ether oxygens (including phenoxy) is 4. The first-order valence-corrected chi connectivity index (χ1v) is 17.0. The van der Waals surface area contributed by atoms with E-state index >= 15 is 0 Å². The second-order valence-corrected chi connectivity index (χ2v) is 11.6. The van der Waals surface area contributed by atoms with Crippen LogP contribution in [0.15, 0.2) is 25.3 Å². The van der Waals surface area contributed by atoms with Crippen molar-refractivity contribution >= 4 is 11.9 Å². The molecule has 46 heavy (non-hydrogen) atoms. The van der Waals surface area contributed by atoms with Crippen molar-refractivity contribution in [1.29, 1.82) is 0 Å². The van der Waals surface area contributed by atoms with Gasteiger partial charge in [0.15, 0.2) is 6.10 Å². The minimum atomic E-state index is -0.930. The molecule has 2 aliphatic heterocycles. The average Bonchev–Trinajstić information content (AvgIpc) is 3.98. The molecule has 7 heteroatoms. The number of epoxide rings is 2. The lowest BCUT2D eigenvalue weighted by Crippen LogP contribution is -2.28. The molecule has 0 amide bonds. The number of allylic oxidation sites excluding steroid dienone is 2. The molecule has 7 nitrogen and oxygen atoms in total. The molecule has 0 aromatic heterocycles. The van der Waals surface area contributed by atoms with Gasteiger partial charge in [-0.05, 0) is 62.2 Å². The number of unbranched alkanes of at least 4 members (excludes halogenated alkanes) is 10. The maximum atomic E-state index is 12.1. The van der Waals surface area contributed by atoms with Gasteiger partial charge in [-0.25, -0.2) is 0 Å². The van der Waals surface area contributed by atoms with E-state index in [4.69, 9.17) is 18.9 Å². The third-order valence-electron chi connectivity index (χ3n) is 7.53. The molecule has 2 aliphatic rings. The number of hydrogen-bond donors (Lipinski definition) is 1. The maximum Gasteiger partial charge on any atom is 0.307 e. The number of rotatable bonds is 24. The minimum absolute atomic E-state index is 0.0307. The van der Waals surface area contributed by atoms with Crippen molar-refractivity contribution < 1.29 is 33.6 Å². The molecule has 0 spiro atoms. The average molecular weight is 633 g/mol. The SMILES string of the molecule is C=CCCCCCCC[C@@H]1O[C@H]1C#CC#CCCC(=O)OCC(CO)OC(=O)CCC#CC#C[C@@H]1O[C@H]1CCCCCCCC=C. The molecule has 250 valence electrons. The second kappa shape index (κ2) is 25.7. The van der Waals surface area contributed by atoms with Crippen LogP contribution in [-0.2, 0) is 28.5 Å². The lowest BCUT2D eigenvalue weighted by atomic mass is 10.1. The smallest absolute Gasteiger partial charge is 0.307 e. The van der Waals surface area contributed by atoms with Crippen LogP contribution in [0.25, 0.3) is 0 Å². The van der Waals surface area contributed by atoms with Crippen molar-refractivity contribution in [3.63, 3.8) is 0 Å². The van der Waals surface area contributed by atoms with E-state index < -0.39 is 24.6 Å². The fourth-order valence-corrected chi connectivity index (χ4v) is 4.69. The van der Waals surface area contributed by atoms with Gasteiger partial charge >= 0.3 is 11.9 Å². The molecule has 0 radical (unpaired) electrons. The van der Waals surface area contributed by atoms with Crippen LogP contribution in [0.2, 0.25) is 0 Å². The third-order valence-corrected chi connectivity index (χ3v) is 7.53. The highest BCUT2D eigenvalue weighted by atomic mass is 16.6. The van der Waals surface area contributed by atoms with Crippen LogP contribution in [-0.4, -0.2) is 60.8 Å². The second-order valence-electron chi connectivity index (χ2n) is 11.6. The zero-order valence-corrected chi connectivity index (χ0v) is 27.5. The quantitative estimate of drug-likeness (QED) is 0.0434. The van der Waals surface area contributed by atoms with Crippen molar-refractivity contribution in [3.05, 3.63) is 25.3 Å². The normalized spacial score (nSPS) is 19.2. The van der Waals surface area contributed by atoms with Crippen LogP contribution in [0.1, 0.15) is 116 Å². The Morgan fingerprint density at radius 2 is 1.17 bits per heavy atom. The predicted molar refractivity (Wildman–Crippen MR) is 180 cm³/mol. The topological polar surface area (TPSA) is 97.9 Å².